The van der Waals surface area contributed by atoms with E-state index in [2.05, 4.69) is 41.4 Å². The molecule has 0 radical (unpaired) electrons. The number of carbonyl (C=O) groups excluding carboxylic acids is 1. The lowest BCUT2D eigenvalue weighted by Crippen LogP contribution is -2.38. The van der Waals surface area contributed by atoms with Gasteiger partial charge in [0.2, 0.25) is 5.91 Å². The van der Waals surface area contributed by atoms with Gasteiger partial charge in [0.25, 0.3) is 0 Å². The first kappa shape index (κ1) is 16.0. The molecule has 1 aromatic carbocycles. The standard InChI is InChI=1S/C17H27N3O/c1-13-5-7-15(8-6-13)16(20-9-3-4-10-20)12-19-17(21)11-14(2)18/h5-8,14,16H,3-4,9-12,18H2,1-2H3,(H,19,21). The van der Waals surface area contributed by atoms with Gasteiger partial charge in [-0.2, -0.15) is 0 Å². The summed E-state index contributed by atoms with van der Waals surface area (Å²) in [4.78, 5) is 14.3. The molecule has 0 aromatic heterocycles. The molecule has 21 heavy (non-hydrogen) atoms. The largest absolute Gasteiger partial charge is 0.354 e. The number of aryl methyl sites for hydroxylation is 1. The molecule has 0 bridgehead atoms. The van der Waals surface area contributed by atoms with Crippen LogP contribution in [-0.4, -0.2) is 36.5 Å². The highest BCUT2D eigenvalue weighted by Gasteiger charge is 2.23. The van der Waals surface area contributed by atoms with Crippen LogP contribution in [0.25, 0.3) is 0 Å². The molecule has 4 heteroatoms. The summed E-state index contributed by atoms with van der Waals surface area (Å²) in [5, 5.41) is 3.04. The molecule has 0 spiro atoms. The molecule has 1 aliphatic rings. The molecule has 1 fully saturated rings. The van der Waals surface area contributed by atoms with Crippen LogP contribution in [0.15, 0.2) is 24.3 Å². The molecule has 1 aromatic rings. The van der Waals surface area contributed by atoms with Crippen molar-refractivity contribution in [3.63, 3.8) is 0 Å². The van der Waals surface area contributed by atoms with E-state index in [1.54, 1.807) is 0 Å². The Morgan fingerprint density at radius 1 is 1.29 bits per heavy atom. The number of likely N-dealkylation sites (tertiary alicyclic amines) is 1. The smallest absolute Gasteiger partial charge is 0.221 e. The zero-order chi connectivity index (χ0) is 15.2. The average Bonchev–Trinajstić information content (AvgIpc) is 2.94. The minimum atomic E-state index is -0.0883. The Morgan fingerprint density at radius 2 is 1.90 bits per heavy atom. The van der Waals surface area contributed by atoms with Crippen LogP contribution in [0.3, 0.4) is 0 Å². The van der Waals surface area contributed by atoms with Crippen LogP contribution in [0, 0.1) is 6.92 Å². The molecule has 2 atom stereocenters. The van der Waals surface area contributed by atoms with Crippen LogP contribution >= 0.6 is 0 Å². The van der Waals surface area contributed by atoms with Gasteiger partial charge in [-0.3, -0.25) is 9.69 Å². The predicted molar refractivity (Wildman–Crippen MR) is 86.0 cm³/mol. The number of rotatable bonds is 6. The SMILES string of the molecule is Cc1ccc(C(CNC(=O)CC(C)N)N2CCCC2)cc1. The van der Waals surface area contributed by atoms with E-state index in [1.165, 1.54) is 24.0 Å². The maximum Gasteiger partial charge on any atom is 0.221 e. The van der Waals surface area contributed by atoms with E-state index in [0.717, 1.165) is 13.1 Å². The third kappa shape index (κ3) is 4.83. The van der Waals surface area contributed by atoms with Crippen molar-refractivity contribution in [2.45, 2.75) is 45.2 Å². The van der Waals surface area contributed by atoms with Crippen LogP contribution in [0.2, 0.25) is 0 Å². The Balaban J connectivity index is 2.02. The maximum atomic E-state index is 11.8. The molecular weight excluding hydrogens is 262 g/mol. The minimum Gasteiger partial charge on any atom is -0.354 e. The molecule has 116 valence electrons. The summed E-state index contributed by atoms with van der Waals surface area (Å²) in [6, 6.07) is 8.82. The Morgan fingerprint density at radius 3 is 2.48 bits per heavy atom. The monoisotopic (exact) mass is 289 g/mol. The first-order chi connectivity index (χ1) is 10.1. The zero-order valence-corrected chi connectivity index (χ0v) is 13.1. The Kier molecular flexibility index (Phi) is 5.76. The molecule has 2 unspecified atom stereocenters. The zero-order valence-electron chi connectivity index (χ0n) is 13.1. The van der Waals surface area contributed by atoms with Gasteiger partial charge in [0.05, 0.1) is 6.04 Å². The fraction of sp³-hybridized carbons (Fsp3) is 0.588. The molecule has 1 heterocycles. The van der Waals surface area contributed by atoms with Crippen molar-refractivity contribution >= 4 is 5.91 Å². The van der Waals surface area contributed by atoms with E-state index in [-0.39, 0.29) is 18.0 Å². The van der Waals surface area contributed by atoms with E-state index in [4.69, 9.17) is 5.73 Å². The summed E-state index contributed by atoms with van der Waals surface area (Å²) in [6.07, 6.45) is 2.88. The first-order valence-electron chi connectivity index (χ1n) is 7.89. The number of hydrogen-bond acceptors (Lipinski definition) is 3. The Bertz CT molecular complexity index is 450. The van der Waals surface area contributed by atoms with Gasteiger partial charge in [0, 0.05) is 19.0 Å². The summed E-state index contributed by atoms with van der Waals surface area (Å²) < 4.78 is 0. The molecule has 1 amide bonds. The molecular formula is C17H27N3O. The van der Waals surface area contributed by atoms with Crippen molar-refractivity contribution in [3.8, 4) is 0 Å². The van der Waals surface area contributed by atoms with Crippen molar-refractivity contribution in [3.05, 3.63) is 35.4 Å². The van der Waals surface area contributed by atoms with Crippen LogP contribution in [-0.2, 0) is 4.79 Å². The van der Waals surface area contributed by atoms with Gasteiger partial charge in [-0.1, -0.05) is 29.8 Å². The molecule has 3 N–H and O–H groups in total. The highest BCUT2D eigenvalue weighted by molar-refractivity contribution is 5.76. The molecule has 1 aliphatic heterocycles. The van der Waals surface area contributed by atoms with E-state index in [0.29, 0.717) is 13.0 Å². The number of benzene rings is 1. The minimum absolute atomic E-state index is 0.0429. The topological polar surface area (TPSA) is 58.4 Å². The number of nitrogens with zero attached hydrogens (tertiary/aromatic N) is 1. The second-order valence-electron chi connectivity index (χ2n) is 6.16. The van der Waals surface area contributed by atoms with E-state index in [9.17, 15) is 4.79 Å². The summed E-state index contributed by atoms with van der Waals surface area (Å²) in [5.74, 6) is 0.0429. The summed E-state index contributed by atoms with van der Waals surface area (Å²) in [5.41, 5.74) is 8.22. The van der Waals surface area contributed by atoms with Gasteiger partial charge in [0.1, 0.15) is 0 Å². The second kappa shape index (κ2) is 7.57. The van der Waals surface area contributed by atoms with Crippen molar-refractivity contribution in [1.29, 1.82) is 0 Å². The lowest BCUT2D eigenvalue weighted by Gasteiger charge is -2.28. The molecule has 2 rings (SSSR count). The summed E-state index contributed by atoms with van der Waals surface area (Å²) in [7, 11) is 0. The van der Waals surface area contributed by atoms with Crippen LogP contribution in [0.4, 0.5) is 0 Å². The third-order valence-electron chi connectivity index (χ3n) is 4.04. The molecule has 1 saturated heterocycles. The first-order valence-corrected chi connectivity index (χ1v) is 7.89. The number of nitrogens with two attached hydrogens (primary N) is 1. The Hall–Kier alpha value is -1.39. The van der Waals surface area contributed by atoms with E-state index < -0.39 is 0 Å². The van der Waals surface area contributed by atoms with Gasteiger partial charge < -0.3 is 11.1 Å². The molecule has 0 saturated carbocycles. The van der Waals surface area contributed by atoms with Crippen molar-refractivity contribution in [2.75, 3.05) is 19.6 Å². The number of carbonyl (C=O) groups is 1. The maximum absolute atomic E-state index is 11.8. The number of nitrogens with one attached hydrogen (secondary N) is 1. The van der Waals surface area contributed by atoms with Crippen LogP contribution in [0.1, 0.15) is 43.4 Å². The van der Waals surface area contributed by atoms with Gasteiger partial charge in [-0.15, -0.1) is 0 Å². The van der Waals surface area contributed by atoms with Crippen molar-refractivity contribution < 1.29 is 4.79 Å². The molecule has 0 aliphatic carbocycles. The van der Waals surface area contributed by atoms with Gasteiger partial charge >= 0.3 is 0 Å². The van der Waals surface area contributed by atoms with Crippen molar-refractivity contribution in [2.24, 2.45) is 5.73 Å². The summed E-state index contributed by atoms with van der Waals surface area (Å²) in [6.45, 7) is 6.84. The fourth-order valence-corrected chi connectivity index (χ4v) is 2.87. The number of hydrogen-bond donors (Lipinski definition) is 2. The quantitative estimate of drug-likeness (QED) is 0.842. The fourth-order valence-electron chi connectivity index (χ4n) is 2.87. The molecule has 4 nitrogen and oxygen atoms in total. The Labute approximate surface area is 127 Å². The van der Waals surface area contributed by atoms with E-state index in [1.807, 2.05) is 6.92 Å². The average molecular weight is 289 g/mol. The van der Waals surface area contributed by atoms with Crippen LogP contribution < -0.4 is 11.1 Å². The third-order valence-corrected chi connectivity index (χ3v) is 4.04. The highest BCUT2D eigenvalue weighted by atomic mass is 16.1. The normalized spacial score (nSPS) is 18.4. The van der Waals surface area contributed by atoms with Gasteiger partial charge in [0.15, 0.2) is 0 Å². The highest BCUT2D eigenvalue weighted by Crippen LogP contribution is 2.24. The number of amides is 1. The van der Waals surface area contributed by atoms with Gasteiger partial charge in [-0.25, -0.2) is 0 Å². The second-order valence-corrected chi connectivity index (χ2v) is 6.16. The lowest BCUT2D eigenvalue weighted by atomic mass is 10.0. The lowest BCUT2D eigenvalue weighted by molar-refractivity contribution is -0.121. The van der Waals surface area contributed by atoms with E-state index >= 15 is 0 Å². The van der Waals surface area contributed by atoms with Gasteiger partial charge in [-0.05, 0) is 45.3 Å². The van der Waals surface area contributed by atoms with Crippen molar-refractivity contribution in [1.82, 2.24) is 10.2 Å². The predicted octanol–water partition coefficient (Wildman–Crippen LogP) is 1.99. The summed E-state index contributed by atoms with van der Waals surface area (Å²) >= 11 is 0. The van der Waals surface area contributed by atoms with Crippen LogP contribution in [0.5, 0.6) is 0 Å².